The fourth-order valence-corrected chi connectivity index (χ4v) is 2.30. The Hall–Kier alpha value is -2.95. The predicted octanol–water partition coefficient (Wildman–Crippen LogP) is 3.18. The third-order valence-corrected chi connectivity index (χ3v) is 3.43. The van der Waals surface area contributed by atoms with Crippen LogP contribution in [-0.4, -0.2) is 19.3 Å². The average Bonchev–Trinajstić information content (AvgIpc) is 2.57. The molecule has 0 saturated heterocycles. The second kappa shape index (κ2) is 5.44. The number of aromatic hydroxyl groups is 1. The molecule has 0 radical (unpaired) electrons. The van der Waals surface area contributed by atoms with Gasteiger partial charge in [0.05, 0.1) is 25.2 Å². The van der Waals surface area contributed by atoms with E-state index in [9.17, 15) is 9.90 Å². The number of ether oxygens (including phenoxy) is 2. The van der Waals surface area contributed by atoms with Gasteiger partial charge in [-0.3, -0.25) is 4.79 Å². The summed E-state index contributed by atoms with van der Waals surface area (Å²) in [5, 5.41) is 10.5. The molecule has 0 atom stereocenters. The molecule has 1 aromatic heterocycles. The molecule has 0 aliphatic rings. The predicted molar refractivity (Wildman–Crippen MR) is 82.7 cm³/mol. The maximum Gasteiger partial charge on any atom is 0.235 e. The van der Waals surface area contributed by atoms with Gasteiger partial charge in [0, 0.05) is 6.07 Å². The van der Waals surface area contributed by atoms with E-state index in [1.165, 1.54) is 7.11 Å². The minimum absolute atomic E-state index is 0.0724. The number of hydrogen-bond donors (Lipinski definition) is 1. The Morgan fingerprint density at radius 1 is 1.05 bits per heavy atom. The lowest BCUT2D eigenvalue weighted by atomic mass is 10.1. The lowest BCUT2D eigenvalue weighted by Gasteiger charge is -2.11. The molecule has 0 spiro atoms. The highest BCUT2D eigenvalue weighted by Crippen LogP contribution is 2.37. The first-order valence-electron chi connectivity index (χ1n) is 6.63. The van der Waals surface area contributed by atoms with Crippen molar-refractivity contribution in [1.82, 2.24) is 0 Å². The Balaban J connectivity index is 2.31. The average molecular weight is 298 g/mol. The molecular formula is C17H14O5. The molecule has 112 valence electrons. The summed E-state index contributed by atoms with van der Waals surface area (Å²) < 4.78 is 16.1. The number of benzene rings is 2. The van der Waals surface area contributed by atoms with Crippen molar-refractivity contribution in [3.05, 3.63) is 52.7 Å². The van der Waals surface area contributed by atoms with E-state index in [4.69, 9.17) is 13.9 Å². The van der Waals surface area contributed by atoms with Gasteiger partial charge in [-0.15, -0.1) is 0 Å². The summed E-state index contributed by atoms with van der Waals surface area (Å²) in [5.41, 5.74) is 0.400. The minimum Gasteiger partial charge on any atom is -0.502 e. The van der Waals surface area contributed by atoms with Gasteiger partial charge >= 0.3 is 0 Å². The molecule has 0 fully saturated rings. The zero-order valence-electron chi connectivity index (χ0n) is 12.1. The van der Waals surface area contributed by atoms with Crippen molar-refractivity contribution >= 4 is 11.0 Å². The lowest BCUT2D eigenvalue weighted by Crippen LogP contribution is -2.03. The zero-order valence-corrected chi connectivity index (χ0v) is 12.1. The van der Waals surface area contributed by atoms with Gasteiger partial charge in [0.1, 0.15) is 17.1 Å². The van der Waals surface area contributed by atoms with Gasteiger partial charge in [-0.25, -0.2) is 0 Å². The molecular weight excluding hydrogens is 284 g/mol. The Bertz CT molecular complexity index is 895. The molecule has 5 nitrogen and oxygen atoms in total. The molecule has 0 bridgehead atoms. The van der Waals surface area contributed by atoms with Crippen molar-refractivity contribution in [1.29, 1.82) is 0 Å². The van der Waals surface area contributed by atoms with Gasteiger partial charge in [0.25, 0.3) is 0 Å². The normalized spacial score (nSPS) is 10.6. The molecule has 0 amide bonds. The van der Waals surface area contributed by atoms with Crippen LogP contribution >= 0.6 is 0 Å². The number of fused-ring (bicyclic) bond motifs is 1. The number of methoxy groups -OCH3 is 2. The highest BCUT2D eigenvalue weighted by molar-refractivity contribution is 5.83. The van der Waals surface area contributed by atoms with Crippen LogP contribution in [0.2, 0.25) is 0 Å². The molecule has 3 aromatic rings. The van der Waals surface area contributed by atoms with E-state index in [0.29, 0.717) is 28.0 Å². The van der Waals surface area contributed by atoms with E-state index >= 15 is 0 Å². The molecule has 0 unspecified atom stereocenters. The SMILES string of the molecule is COc1ccc(-c2oc3ccccc3c(=O)c2O)c(OC)c1. The standard InChI is InChI=1S/C17H14O5/c1-20-10-7-8-12(14(9-10)21-2)17-16(19)15(18)11-5-3-4-6-13(11)22-17/h3-9,19H,1-2H3. The summed E-state index contributed by atoms with van der Waals surface area (Å²) in [6, 6.07) is 11.8. The minimum atomic E-state index is -0.477. The van der Waals surface area contributed by atoms with Gasteiger partial charge < -0.3 is 19.0 Å². The Morgan fingerprint density at radius 3 is 2.55 bits per heavy atom. The number of para-hydroxylation sites is 1. The van der Waals surface area contributed by atoms with Crippen LogP contribution in [0, 0.1) is 0 Å². The number of hydrogen-bond acceptors (Lipinski definition) is 5. The van der Waals surface area contributed by atoms with E-state index in [1.807, 2.05) is 0 Å². The first-order chi connectivity index (χ1) is 10.7. The molecule has 5 heteroatoms. The van der Waals surface area contributed by atoms with E-state index < -0.39 is 11.2 Å². The maximum atomic E-state index is 12.3. The zero-order chi connectivity index (χ0) is 15.7. The van der Waals surface area contributed by atoms with E-state index in [-0.39, 0.29) is 5.76 Å². The van der Waals surface area contributed by atoms with Crippen LogP contribution in [0.4, 0.5) is 0 Å². The van der Waals surface area contributed by atoms with Crippen molar-refractivity contribution in [3.63, 3.8) is 0 Å². The Labute approximate surface area is 126 Å². The van der Waals surface area contributed by atoms with Crippen LogP contribution in [0.3, 0.4) is 0 Å². The van der Waals surface area contributed by atoms with Crippen LogP contribution in [-0.2, 0) is 0 Å². The summed E-state index contributed by atoms with van der Waals surface area (Å²) >= 11 is 0. The van der Waals surface area contributed by atoms with Gasteiger partial charge in [-0.05, 0) is 24.3 Å². The quantitative estimate of drug-likeness (QED) is 0.804. The molecule has 3 rings (SSSR count). The summed E-state index contributed by atoms with van der Waals surface area (Å²) in [6.45, 7) is 0. The Morgan fingerprint density at radius 2 is 1.82 bits per heavy atom. The summed E-state index contributed by atoms with van der Waals surface area (Å²) in [6.07, 6.45) is 0. The number of rotatable bonds is 3. The molecule has 0 saturated carbocycles. The maximum absolute atomic E-state index is 12.3. The highest BCUT2D eigenvalue weighted by atomic mass is 16.5. The van der Waals surface area contributed by atoms with Crippen molar-refractivity contribution in [2.24, 2.45) is 0 Å². The second-order valence-electron chi connectivity index (χ2n) is 4.67. The summed E-state index contributed by atoms with van der Waals surface area (Å²) in [5.74, 6) is 0.668. The lowest BCUT2D eigenvalue weighted by molar-refractivity contribution is 0.393. The molecule has 0 aliphatic carbocycles. The van der Waals surface area contributed by atoms with Crippen LogP contribution in [0.1, 0.15) is 0 Å². The van der Waals surface area contributed by atoms with Crippen LogP contribution in [0.15, 0.2) is 51.7 Å². The largest absolute Gasteiger partial charge is 0.502 e. The monoisotopic (exact) mass is 298 g/mol. The Kier molecular flexibility index (Phi) is 3.47. The van der Waals surface area contributed by atoms with Crippen molar-refractivity contribution < 1.29 is 19.0 Å². The van der Waals surface area contributed by atoms with Crippen LogP contribution in [0.5, 0.6) is 17.2 Å². The van der Waals surface area contributed by atoms with Gasteiger partial charge in [0.15, 0.2) is 5.76 Å². The molecule has 1 heterocycles. The fourth-order valence-electron chi connectivity index (χ4n) is 2.30. The first kappa shape index (κ1) is 14.0. The fraction of sp³-hybridized carbons (Fsp3) is 0.118. The van der Waals surface area contributed by atoms with Gasteiger partial charge in [-0.2, -0.15) is 0 Å². The van der Waals surface area contributed by atoms with Crippen LogP contribution < -0.4 is 14.9 Å². The van der Waals surface area contributed by atoms with E-state index in [1.54, 1.807) is 49.6 Å². The van der Waals surface area contributed by atoms with Crippen LogP contribution in [0.25, 0.3) is 22.3 Å². The van der Waals surface area contributed by atoms with E-state index in [0.717, 1.165) is 0 Å². The third kappa shape index (κ3) is 2.16. The third-order valence-electron chi connectivity index (χ3n) is 3.43. The summed E-state index contributed by atoms with van der Waals surface area (Å²) in [4.78, 5) is 12.3. The molecule has 0 aliphatic heterocycles. The van der Waals surface area contributed by atoms with Gasteiger partial charge in [-0.1, -0.05) is 12.1 Å². The highest BCUT2D eigenvalue weighted by Gasteiger charge is 2.18. The van der Waals surface area contributed by atoms with Crippen molar-refractivity contribution in [3.8, 4) is 28.6 Å². The van der Waals surface area contributed by atoms with Gasteiger partial charge in [0.2, 0.25) is 11.2 Å². The second-order valence-corrected chi connectivity index (χ2v) is 4.67. The summed E-state index contributed by atoms with van der Waals surface area (Å²) in [7, 11) is 3.04. The molecule has 2 aromatic carbocycles. The van der Waals surface area contributed by atoms with Crippen molar-refractivity contribution in [2.45, 2.75) is 0 Å². The topological polar surface area (TPSA) is 68.9 Å². The first-order valence-corrected chi connectivity index (χ1v) is 6.63. The smallest absolute Gasteiger partial charge is 0.235 e. The van der Waals surface area contributed by atoms with Crippen molar-refractivity contribution in [2.75, 3.05) is 14.2 Å². The van der Waals surface area contributed by atoms with E-state index in [2.05, 4.69) is 0 Å². The molecule has 1 N–H and O–H groups in total. The molecule has 22 heavy (non-hydrogen) atoms.